The van der Waals surface area contributed by atoms with E-state index in [9.17, 15) is 4.79 Å². The Hall–Kier alpha value is -1.60. The van der Waals surface area contributed by atoms with Gasteiger partial charge in [-0.1, -0.05) is 23.7 Å². The van der Waals surface area contributed by atoms with E-state index in [2.05, 4.69) is 45.0 Å². The quantitative estimate of drug-likeness (QED) is 0.687. The average Bonchev–Trinajstić information content (AvgIpc) is 3.08. The third kappa shape index (κ3) is 5.95. The Balaban J connectivity index is 1.42. The molecule has 1 amide bonds. The van der Waals surface area contributed by atoms with Gasteiger partial charge in [0.1, 0.15) is 0 Å². The van der Waals surface area contributed by atoms with Crippen LogP contribution < -0.4 is 4.90 Å². The third-order valence-electron chi connectivity index (χ3n) is 5.13. The number of rotatable bonds is 7. The zero-order valence-electron chi connectivity index (χ0n) is 16.9. The summed E-state index contributed by atoms with van der Waals surface area (Å²) < 4.78 is 0.846. The monoisotopic (exact) mass is 420 g/mol. The van der Waals surface area contributed by atoms with E-state index in [1.807, 2.05) is 32.1 Å². The number of benzene rings is 1. The number of thiophene rings is 1. The van der Waals surface area contributed by atoms with Crippen LogP contribution in [0, 0.1) is 0 Å². The van der Waals surface area contributed by atoms with Crippen molar-refractivity contribution in [2.24, 2.45) is 0 Å². The Morgan fingerprint density at radius 3 is 2.21 bits per heavy atom. The molecule has 2 heterocycles. The molecule has 152 valence electrons. The fourth-order valence-electron chi connectivity index (χ4n) is 3.34. The molecule has 1 aliphatic heterocycles. The minimum absolute atomic E-state index is 0.176. The molecule has 1 saturated heterocycles. The van der Waals surface area contributed by atoms with Gasteiger partial charge in [0.05, 0.1) is 10.9 Å². The Morgan fingerprint density at radius 2 is 1.64 bits per heavy atom. The topological polar surface area (TPSA) is 30.0 Å². The number of carbonyl (C=O) groups is 1. The minimum atomic E-state index is 0.176. The number of likely N-dealkylation sites (N-methyl/N-ethyl adjacent to an activating group) is 1. The van der Waals surface area contributed by atoms with Crippen LogP contribution in [0.2, 0.25) is 4.34 Å². The maximum absolute atomic E-state index is 12.6. The lowest BCUT2D eigenvalue weighted by Gasteiger charge is -2.34. The highest BCUT2D eigenvalue weighted by atomic mass is 35.5. The summed E-state index contributed by atoms with van der Waals surface area (Å²) in [5, 5.41) is 0. The number of hydrogen-bond donors (Lipinski definition) is 0. The van der Waals surface area contributed by atoms with Gasteiger partial charge < -0.3 is 9.80 Å². The second-order valence-corrected chi connectivity index (χ2v) is 9.37. The second kappa shape index (κ2) is 9.74. The van der Waals surface area contributed by atoms with Crippen molar-refractivity contribution in [1.82, 2.24) is 14.7 Å². The van der Waals surface area contributed by atoms with Gasteiger partial charge in [-0.05, 0) is 29.8 Å². The summed E-state index contributed by atoms with van der Waals surface area (Å²) in [5.41, 5.74) is 2.32. The van der Waals surface area contributed by atoms with Gasteiger partial charge in [0.15, 0.2) is 0 Å². The lowest BCUT2D eigenvalue weighted by Crippen LogP contribution is -2.49. The fraction of sp³-hybridized carbons (Fsp3) is 0.476. The Bertz CT molecular complexity index is 769. The summed E-state index contributed by atoms with van der Waals surface area (Å²) in [7, 11) is 5.94. The van der Waals surface area contributed by atoms with Gasteiger partial charge in [0.25, 0.3) is 0 Å². The van der Waals surface area contributed by atoms with E-state index < -0.39 is 0 Å². The number of amides is 1. The molecular weight excluding hydrogens is 392 g/mol. The van der Waals surface area contributed by atoms with Crippen molar-refractivity contribution in [2.45, 2.75) is 13.1 Å². The highest BCUT2D eigenvalue weighted by Crippen LogP contribution is 2.23. The number of piperazine rings is 1. The minimum Gasteiger partial charge on any atom is -0.378 e. The van der Waals surface area contributed by atoms with Gasteiger partial charge in [0.2, 0.25) is 5.91 Å². The molecule has 7 heteroatoms. The molecule has 1 aromatic heterocycles. The van der Waals surface area contributed by atoms with Crippen molar-refractivity contribution in [2.75, 3.05) is 58.8 Å². The van der Waals surface area contributed by atoms with Crippen molar-refractivity contribution in [3.05, 3.63) is 51.2 Å². The van der Waals surface area contributed by atoms with Crippen LogP contribution in [-0.4, -0.2) is 74.5 Å². The molecule has 1 aromatic carbocycles. The van der Waals surface area contributed by atoms with E-state index in [1.54, 1.807) is 11.3 Å². The van der Waals surface area contributed by atoms with Gasteiger partial charge in [-0.25, -0.2) is 0 Å². The first kappa shape index (κ1) is 21.1. The first-order chi connectivity index (χ1) is 13.4. The van der Waals surface area contributed by atoms with Gasteiger partial charge in [-0.3, -0.25) is 14.6 Å². The summed E-state index contributed by atoms with van der Waals surface area (Å²) in [6.07, 6.45) is 0. The molecule has 28 heavy (non-hydrogen) atoms. The zero-order valence-corrected chi connectivity index (χ0v) is 18.5. The van der Waals surface area contributed by atoms with Crippen molar-refractivity contribution < 1.29 is 4.79 Å². The smallest absolute Gasteiger partial charge is 0.236 e. The van der Waals surface area contributed by atoms with Crippen molar-refractivity contribution >= 4 is 34.5 Å². The zero-order chi connectivity index (χ0) is 20.1. The summed E-state index contributed by atoms with van der Waals surface area (Å²) in [6.45, 7) is 5.90. The second-order valence-electron chi connectivity index (χ2n) is 7.57. The molecule has 0 bridgehead atoms. The maximum atomic E-state index is 12.6. The predicted molar refractivity (Wildman–Crippen MR) is 118 cm³/mol. The standard InChI is InChI=1S/C21H29ClN4OS/c1-23(2)18-6-4-17(5-7-18)14-24(3)21(27)16-26-12-10-25(11-13-26)15-19-8-9-20(22)28-19/h4-9H,10-16H2,1-3H3. The molecule has 0 unspecified atom stereocenters. The summed E-state index contributed by atoms with van der Waals surface area (Å²) in [6, 6.07) is 12.4. The normalized spacial score (nSPS) is 15.6. The van der Waals surface area contributed by atoms with E-state index in [1.165, 1.54) is 10.6 Å². The Morgan fingerprint density at radius 1 is 1.00 bits per heavy atom. The first-order valence-electron chi connectivity index (χ1n) is 9.60. The summed E-state index contributed by atoms with van der Waals surface area (Å²) in [5.74, 6) is 0.176. The lowest BCUT2D eigenvalue weighted by atomic mass is 10.2. The van der Waals surface area contributed by atoms with E-state index in [4.69, 9.17) is 11.6 Å². The average molecular weight is 421 g/mol. The predicted octanol–water partition coefficient (Wildman–Crippen LogP) is 3.24. The molecule has 0 spiro atoms. The number of nitrogens with zero attached hydrogens (tertiary/aromatic N) is 4. The summed E-state index contributed by atoms with van der Waals surface area (Å²) in [4.78, 5) is 22.5. The van der Waals surface area contributed by atoms with E-state index in [0.717, 1.165) is 42.6 Å². The first-order valence-corrected chi connectivity index (χ1v) is 10.8. The maximum Gasteiger partial charge on any atom is 0.236 e. The van der Waals surface area contributed by atoms with Crippen molar-refractivity contribution in [3.63, 3.8) is 0 Å². The molecule has 2 aromatic rings. The molecular formula is C21H29ClN4OS. The molecule has 0 saturated carbocycles. The van der Waals surface area contributed by atoms with Crippen molar-refractivity contribution in [1.29, 1.82) is 0 Å². The van der Waals surface area contributed by atoms with Crippen LogP contribution in [0.15, 0.2) is 36.4 Å². The number of hydrogen-bond acceptors (Lipinski definition) is 5. The largest absolute Gasteiger partial charge is 0.378 e. The molecule has 1 aliphatic rings. The molecule has 1 fully saturated rings. The van der Waals surface area contributed by atoms with E-state index in [0.29, 0.717) is 13.1 Å². The van der Waals surface area contributed by atoms with Crippen LogP contribution >= 0.6 is 22.9 Å². The van der Waals surface area contributed by atoms with Gasteiger partial charge >= 0.3 is 0 Å². The molecule has 0 N–H and O–H groups in total. The highest BCUT2D eigenvalue weighted by Gasteiger charge is 2.21. The van der Waals surface area contributed by atoms with E-state index >= 15 is 0 Å². The van der Waals surface area contributed by atoms with Crippen LogP contribution in [0.1, 0.15) is 10.4 Å². The van der Waals surface area contributed by atoms with Crippen LogP contribution in [0.25, 0.3) is 0 Å². The number of anilines is 1. The molecule has 0 aliphatic carbocycles. The van der Waals surface area contributed by atoms with E-state index in [-0.39, 0.29) is 5.91 Å². The molecule has 0 atom stereocenters. The van der Waals surface area contributed by atoms with Crippen LogP contribution in [0.5, 0.6) is 0 Å². The Labute approximate surface area is 177 Å². The van der Waals surface area contributed by atoms with Crippen LogP contribution in [-0.2, 0) is 17.9 Å². The number of halogens is 1. The SMILES string of the molecule is CN(Cc1ccc(N(C)C)cc1)C(=O)CN1CCN(Cc2ccc(Cl)s2)CC1. The third-order valence-corrected chi connectivity index (χ3v) is 6.35. The fourth-order valence-corrected chi connectivity index (χ4v) is 4.47. The molecule has 0 radical (unpaired) electrons. The number of carbonyl (C=O) groups excluding carboxylic acids is 1. The highest BCUT2D eigenvalue weighted by molar-refractivity contribution is 7.16. The van der Waals surface area contributed by atoms with Crippen LogP contribution in [0.4, 0.5) is 5.69 Å². The summed E-state index contributed by atoms with van der Waals surface area (Å²) >= 11 is 7.66. The Kier molecular flexibility index (Phi) is 7.35. The molecule has 3 rings (SSSR count). The van der Waals surface area contributed by atoms with Crippen molar-refractivity contribution in [3.8, 4) is 0 Å². The van der Waals surface area contributed by atoms with Crippen LogP contribution in [0.3, 0.4) is 0 Å². The van der Waals surface area contributed by atoms with Gasteiger partial charge in [-0.2, -0.15) is 0 Å². The lowest BCUT2D eigenvalue weighted by molar-refractivity contribution is -0.132. The van der Waals surface area contributed by atoms with Gasteiger partial charge in [0, 0.05) is 71.0 Å². The van der Waals surface area contributed by atoms with Gasteiger partial charge in [-0.15, -0.1) is 11.3 Å². The molecule has 5 nitrogen and oxygen atoms in total.